The first-order valence-corrected chi connectivity index (χ1v) is 7.06. The lowest BCUT2D eigenvalue weighted by molar-refractivity contribution is -0.116. The highest BCUT2D eigenvalue weighted by Gasteiger charge is 2.19. The molecule has 1 unspecified atom stereocenters. The molecule has 102 valence electrons. The fourth-order valence-corrected chi connectivity index (χ4v) is 3.63. The summed E-state index contributed by atoms with van der Waals surface area (Å²) in [4.78, 5) is 13.2. The Morgan fingerprint density at radius 1 is 1.44 bits per heavy atom. The number of nitrogens with one attached hydrogen (secondary N) is 1. The van der Waals surface area contributed by atoms with Crippen LogP contribution in [-0.4, -0.2) is 11.9 Å². The summed E-state index contributed by atoms with van der Waals surface area (Å²) in [5.74, 6) is 0.0293. The molecule has 3 nitrogen and oxygen atoms in total. The number of fused-ring (bicyclic) bond motifs is 1. The first kappa shape index (κ1) is 15.5. The highest BCUT2D eigenvalue weighted by Crippen LogP contribution is 2.37. The lowest BCUT2D eigenvalue weighted by atomic mass is 9.96. The van der Waals surface area contributed by atoms with Gasteiger partial charge in [0, 0.05) is 17.3 Å². The zero-order chi connectivity index (χ0) is 12.4. The maximum absolute atomic E-state index is 11.7. The Labute approximate surface area is 119 Å². The van der Waals surface area contributed by atoms with Gasteiger partial charge in [0.05, 0.1) is 5.00 Å². The van der Waals surface area contributed by atoms with Crippen molar-refractivity contribution in [1.29, 1.82) is 0 Å². The minimum absolute atomic E-state index is 0. The second-order valence-corrected chi connectivity index (χ2v) is 6.00. The van der Waals surface area contributed by atoms with Crippen LogP contribution >= 0.6 is 23.7 Å². The maximum atomic E-state index is 11.7. The maximum Gasteiger partial charge on any atom is 0.226 e. The van der Waals surface area contributed by atoms with Crippen molar-refractivity contribution >= 4 is 34.7 Å². The summed E-state index contributed by atoms with van der Waals surface area (Å²) in [5.41, 5.74) is 8.36. The van der Waals surface area contributed by atoms with E-state index >= 15 is 0 Å². The molecule has 1 aliphatic carbocycles. The van der Waals surface area contributed by atoms with Crippen LogP contribution in [0, 0.1) is 6.92 Å². The molecule has 1 atom stereocenters. The molecule has 1 aromatic rings. The van der Waals surface area contributed by atoms with E-state index in [0.717, 1.165) is 5.00 Å². The largest absolute Gasteiger partial charge is 0.327 e. The molecule has 5 heteroatoms. The third-order valence-electron chi connectivity index (χ3n) is 3.20. The van der Waals surface area contributed by atoms with Crippen LogP contribution in [0.5, 0.6) is 0 Å². The van der Waals surface area contributed by atoms with Gasteiger partial charge in [0.1, 0.15) is 0 Å². The van der Waals surface area contributed by atoms with E-state index in [2.05, 4.69) is 12.2 Å². The number of thiophene rings is 1. The summed E-state index contributed by atoms with van der Waals surface area (Å²) < 4.78 is 0. The number of hydrogen-bond donors (Lipinski definition) is 2. The first-order valence-electron chi connectivity index (χ1n) is 6.24. The molecule has 18 heavy (non-hydrogen) atoms. The molecule has 0 aromatic carbocycles. The van der Waals surface area contributed by atoms with Crippen LogP contribution in [0.3, 0.4) is 0 Å². The topological polar surface area (TPSA) is 55.1 Å². The Balaban J connectivity index is 0.00000162. The summed E-state index contributed by atoms with van der Waals surface area (Å²) in [6.45, 7) is 3.97. The number of carbonyl (C=O) groups is 1. The van der Waals surface area contributed by atoms with E-state index in [-0.39, 0.29) is 24.4 Å². The third kappa shape index (κ3) is 3.46. The Hall–Kier alpha value is -0.580. The van der Waals surface area contributed by atoms with Crippen molar-refractivity contribution < 1.29 is 4.79 Å². The number of amides is 1. The van der Waals surface area contributed by atoms with Gasteiger partial charge in [-0.1, -0.05) is 0 Å². The SMILES string of the molecule is Cc1c(NC(=O)CC(C)N)sc2c1CCCC2.Cl. The summed E-state index contributed by atoms with van der Waals surface area (Å²) in [5, 5.41) is 4.03. The van der Waals surface area contributed by atoms with Crippen molar-refractivity contribution in [3.8, 4) is 0 Å². The summed E-state index contributed by atoms with van der Waals surface area (Å²) in [6.07, 6.45) is 5.28. The average Bonchev–Trinajstić information content (AvgIpc) is 2.55. The van der Waals surface area contributed by atoms with Gasteiger partial charge in [-0.15, -0.1) is 23.7 Å². The number of anilines is 1. The molecule has 0 saturated carbocycles. The predicted octanol–water partition coefficient (Wildman–Crippen LogP) is 3.03. The smallest absolute Gasteiger partial charge is 0.226 e. The van der Waals surface area contributed by atoms with Crippen molar-refractivity contribution in [3.63, 3.8) is 0 Å². The molecule has 0 spiro atoms. The van der Waals surface area contributed by atoms with Gasteiger partial charge >= 0.3 is 0 Å². The van der Waals surface area contributed by atoms with E-state index in [0.29, 0.717) is 6.42 Å². The van der Waals surface area contributed by atoms with Gasteiger partial charge in [-0.25, -0.2) is 0 Å². The quantitative estimate of drug-likeness (QED) is 0.898. The van der Waals surface area contributed by atoms with Gasteiger partial charge in [-0.05, 0) is 50.7 Å². The number of carbonyl (C=O) groups excluding carboxylic acids is 1. The van der Waals surface area contributed by atoms with Crippen molar-refractivity contribution in [2.45, 2.75) is 52.0 Å². The first-order chi connectivity index (χ1) is 8.08. The van der Waals surface area contributed by atoms with Gasteiger partial charge in [0.25, 0.3) is 0 Å². The lowest BCUT2D eigenvalue weighted by Gasteiger charge is -2.10. The van der Waals surface area contributed by atoms with Crippen molar-refractivity contribution in [2.75, 3.05) is 5.32 Å². The monoisotopic (exact) mass is 288 g/mol. The van der Waals surface area contributed by atoms with Crippen LogP contribution in [0.25, 0.3) is 0 Å². The molecular formula is C13H21ClN2OS. The number of hydrogen-bond acceptors (Lipinski definition) is 3. The van der Waals surface area contributed by atoms with E-state index in [1.165, 1.54) is 41.7 Å². The van der Waals surface area contributed by atoms with E-state index < -0.39 is 0 Å². The number of aryl methyl sites for hydroxylation is 1. The number of nitrogens with two attached hydrogens (primary N) is 1. The molecular weight excluding hydrogens is 268 g/mol. The minimum Gasteiger partial charge on any atom is -0.327 e. The summed E-state index contributed by atoms with van der Waals surface area (Å²) in [7, 11) is 0. The lowest BCUT2D eigenvalue weighted by Crippen LogP contribution is -2.23. The highest BCUT2D eigenvalue weighted by atomic mass is 35.5. The van der Waals surface area contributed by atoms with Crippen LogP contribution in [-0.2, 0) is 17.6 Å². The Morgan fingerprint density at radius 2 is 2.11 bits per heavy atom. The summed E-state index contributed by atoms with van der Waals surface area (Å²) in [6, 6.07) is -0.0788. The fraction of sp³-hybridized carbons (Fsp3) is 0.615. The van der Waals surface area contributed by atoms with Gasteiger partial charge in [-0.3, -0.25) is 4.79 Å². The molecule has 0 bridgehead atoms. The van der Waals surface area contributed by atoms with Gasteiger partial charge in [0.15, 0.2) is 0 Å². The van der Waals surface area contributed by atoms with Crippen molar-refractivity contribution in [2.24, 2.45) is 5.73 Å². The zero-order valence-corrected chi connectivity index (χ0v) is 12.5. The average molecular weight is 289 g/mol. The molecule has 0 fully saturated rings. The standard InChI is InChI=1S/C13H20N2OS.ClH/c1-8(14)7-12(16)15-13-9(2)10-5-3-4-6-11(10)17-13;/h8H,3-7,14H2,1-2H3,(H,15,16);1H. The van der Waals surface area contributed by atoms with Crippen LogP contribution in [0.15, 0.2) is 0 Å². The third-order valence-corrected chi connectivity index (χ3v) is 4.51. The van der Waals surface area contributed by atoms with Crippen LogP contribution in [0.2, 0.25) is 0 Å². The zero-order valence-electron chi connectivity index (χ0n) is 10.9. The van der Waals surface area contributed by atoms with E-state index in [1.54, 1.807) is 11.3 Å². The number of halogens is 1. The van der Waals surface area contributed by atoms with Crippen LogP contribution in [0.4, 0.5) is 5.00 Å². The Bertz CT molecular complexity index is 429. The molecule has 0 radical (unpaired) electrons. The molecule has 1 aliphatic rings. The predicted molar refractivity (Wildman–Crippen MR) is 79.8 cm³/mol. The van der Waals surface area contributed by atoms with E-state index in [4.69, 9.17) is 5.73 Å². The molecule has 2 rings (SSSR count). The normalized spacial score (nSPS) is 15.5. The highest BCUT2D eigenvalue weighted by molar-refractivity contribution is 7.16. The minimum atomic E-state index is -0.0788. The van der Waals surface area contributed by atoms with Crippen molar-refractivity contribution in [1.82, 2.24) is 0 Å². The fourth-order valence-electron chi connectivity index (χ4n) is 2.31. The second-order valence-electron chi connectivity index (χ2n) is 4.89. The van der Waals surface area contributed by atoms with Gasteiger partial charge < -0.3 is 11.1 Å². The van der Waals surface area contributed by atoms with Crippen LogP contribution in [0.1, 0.15) is 42.2 Å². The molecule has 3 N–H and O–H groups in total. The molecule has 1 heterocycles. The summed E-state index contributed by atoms with van der Waals surface area (Å²) >= 11 is 1.74. The van der Waals surface area contributed by atoms with Crippen molar-refractivity contribution in [3.05, 3.63) is 16.0 Å². The second kappa shape index (κ2) is 6.55. The van der Waals surface area contributed by atoms with Gasteiger partial charge in [-0.2, -0.15) is 0 Å². The number of rotatable bonds is 3. The van der Waals surface area contributed by atoms with Gasteiger partial charge in [0.2, 0.25) is 5.91 Å². The molecule has 0 saturated heterocycles. The van der Waals surface area contributed by atoms with E-state index in [9.17, 15) is 4.79 Å². The Morgan fingerprint density at radius 3 is 2.72 bits per heavy atom. The molecule has 1 aromatic heterocycles. The Kier molecular flexibility index (Phi) is 5.63. The molecule has 1 amide bonds. The van der Waals surface area contributed by atoms with Crippen LogP contribution < -0.4 is 11.1 Å². The van der Waals surface area contributed by atoms with E-state index in [1.807, 2.05) is 6.92 Å². The molecule has 0 aliphatic heterocycles.